The molecule has 1 N–H and O–H groups in total. The summed E-state index contributed by atoms with van der Waals surface area (Å²) in [5, 5.41) is 6.86. The lowest BCUT2D eigenvalue weighted by Crippen LogP contribution is -2.28. The third-order valence-electron chi connectivity index (χ3n) is 2.76. The number of ether oxygens (including phenoxy) is 1. The van der Waals surface area contributed by atoms with Crippen LogP contribution in [0.5, 0.6) is 0 Å². The average Bonchev–Trinajstić information content (AvgIpc) is 2.85. The molecule has 1 aliphatic heterocycles. The zero-order valence-corrected chi connectivity index (χ0v) is 10.1. The molecule has 2 unspecified atom stereocenters. The van der Waals surface area contributed by atoms with E-state index in [1.165, 1.54) is 5.01 Å². The third-order valence-corrected chi connectivity index (χ3v) is 3.81. The Morgan fingerprint density at radius 2 is 2.60 bits per heavy atom. The van der Waals surface area contributed by atoms with E-state index in [9.17, 15) is 0 Å². The standard InChI is InChI=1S/C11H18N2OS/c1-3-12-10(9-4-5-14-6-9)11-13-8(2)7-15-11/h7,9-10,12H,3-6H2,1-2H3. The van der Waals surface area contributed by atoms with Gasteiger partial charge in [-0.25, -0.2) is 4.98 Å². The summed E-state index contributed by atoms with van der Waals surface area (Å²) in [6, 6.07) is 0.385. The summed E-state index contributed by atoms with van der Waals surface area (Å²) < 4.78 is 5.45. The van der Waals surface area contributed by atoms with E-state index in [1.807, 2.05) is 6.92 Å². The first-order chi connectivity index (χ1) is 7.31. The molecular weight excluding hydrogens is 208 g/mol. The van der Waals surface area contributed by atoms with Crippen molar-refractivity contribution in [2.24, 2.45) is 5.92 Å². The Morgan fingerprint density at radius 1 is 1.73 bits per heavy atom. The minimum Gasteiger partial charge on any atom is -0.381 e. The first kappa shape index (κ1) is 11.0. The van der Waals surface area contributed by atoms with Gasteiger partial charge in [0.15, 0.2) is 0 Å². The molecule has 1 fully saturated rings. The summed E-state index contributed by atoms with van der Waals surface area (Å²) in [7, 11) is 0. The molecule has 15 heavy (non-hydrogen) atoms. The summed E-state index contributed by atoms with van der Waals surface area (Å²) >= 11 is 1.76. The molecule has 0 aliphatic carbocycles. The monoisotopic (exact) mass is 226 g/mol. The number of aromatic nitrogens is 1. The smallest absolute Gasteiger partial charge is 0.110 e. The van der Waals surface area contributed by atoms with Crippen molar-refractivity contribution in [1.82, 2.24) is 10.3 Å². The van der Waals surface area contributed by atoms with E-state index >= 15 is 0 Å². The fraction of sp³-hybridized carbons (Fsp3) is 0.727. The van der Waals surface area contributed by atoms with Gasteiger partial charge in [0, 0.05) is 23.6 Å². The molecule has 1 aromatic heterocycles. The molecule has 2 atom stereocenters. The number of hydrogen-bond acceptors (Lipinski definition) is 4. The molecule has 2 heterocycles. The Morgan fingerprint density at radius 3 is 3.13 bits per heavy atom. The van der Waals surface area contributed by atoms with Crippen LogP contribution in [0.1, 0.15) is 30.1 Å². The Labute approximate surface area is 94.9 Å². The summed E-state index contributed by atoms with van der Waals surface area (Å²) in [5.74, 6) is 0.593. The number of nitrogens with one attached hydrogen (secondary N) is 1. The van der Waals surface area contributed by atoms with Gasteiger partial charge in [0.25, 0.3) is 0 Å². The maximum absolute atomic E-state index is 5.45. The normalized spacial score (nSPS) is 23.2. The highest BCUT2D eigenvalue weighted by atomic mass is 32.1. The van der Waals surface area contributed by atoms with Crippen LogP contribution in [-0.4, -0.2) is 24.7 Å². The first-order valence-electron chi connectivity index (χ1n) is 5.54. The van der Waals surface area contributed by atoms with Crippen molar-refractivity contribution in [2.45, 2.75) is 26.3 Å². The fourth-order valence-electron chi connectivity index (χ4n) is 2.01. The van der Waals surface area contributed by atoms with Crippen LogP contribution in [0.25, 0.3) is 0 Å². The van der Waals surface area contributed by atoms with Gasteiger partial charge in [0.2, 0.25) is 0 Å². The van der Waals surface area contributed by atoms with Crippen molar-refractivity contribution < 1.29 is 4.74 Å². The van der Waals surface area contributed by atoms with E-state index in [0.717, 1.165) is 31.9 Å². The minimum atomic E-state index is 0.385. The van der Waals surface area contributed by atoms with Crippen molar-refractivity contribution in [3.8, 4) is 0 Å². The summed E-state index contributed by atoms with van der Waals surface area (Å²) in [5.41, 5.74) is 1.12. The van der Waals surface area contributed by atoms with Crippen molar-refractivity contribution in [1.29, 1.82) is 0 Å². The number of nitrogens with zero attached hydrogens (tertiary/aromatic N) is 1. The van der Waals surface area contributed by atoms with Crippen LogP contribution in [0, 0.1) is 12.8 Å². The molecule has 3 nitrogen and oxygen atoms in total. The topological polar surface area (TPSA) is 34.2 Å². The van der Waals surface area contributed by atoms with Gasteiger partial charge in [0.05, 0.1) is 12.6 Å². The van der Waals surface area contributed by atoms with Gasteiger partial charge >= 0.3 is 0 Å². The average molecular weight is 226 g/mol. The van der Waals surface area contributed by atoms with Gasteiger partial charge < -0.3 is 10.1 Å². The van der Waals surface area contributed by atoms with Crippen LogP contribution in [0.2, 0.25) is 0 Å². The zero-order valence-electron chi connectivity index (χ0n) is 9.32. The quantitative estimate of drug-likeness (QED) is 0.854. The third kappa shape index (κ3) is 2.56. The van der Waals surface area contributed by atoms with E-state index in [-0.39, 0.29) is 0 Å². The van der Waals surface area contributed by atoms with Crippen LogP contribution in [0.15, 0.2) is 5.38 Å². The molecule has 1 saturated heterocycles. The summed E-state index contributed by atoms with van der Waals surface area (Å²) in [4.78, 5) is 4.57. The zero-order chi connectivity index (χ0) is 10.7. The summed E-state index contributed by atoms with van der Waals surface area (Å²) in [6.07, 6.45) is 1.15. The molecule has 0 bridgehead atoms. The Kier molecular flexibility index (Phi) is 3.72. The lowest BCUT2D eigenvalue weighted by atomic mass is 9.99. The highest BCUT2D eigenvalue weighted by molar-refractivity contribution is 7.09. The van der Waals surface area contributed by atoms with Crippen molar-refractivity contribution in [3.05, 3.63) is 16.1 Å². The summed E-state index contributed by atoms with van der Waals surface area (Å²) in [6.45, 7) is 6.95. The fourth-order valence-corrected chi connectivity index (χ4v) is 2.97. The number of thiazole rings is 1. The maximum Gasteiger partial charge on any atom is 0.110 e. The van der Waals surface area contributed by atoms with E-state index in [1.54, 1.807) is 11.3 Å². The Balaban J connectivity index is 2.11. The second kappa shape index (κ2) is 5.05. The van der Waals surface area contributed by atoms with Crippen LogP contribution in [0.4, 0.5) is 0 Å². The highest BCUT2D eigenvalue weighted by Crippen LogP contribution is 2.30. The van der Waals surface area contributed by atoms with Crippen LogP contribution in [-0.2, 0) is 4.74 Å². The molecule has 0 aromatic carbocycles. The van der Waals surface area contributed by atoms with Crippen molar-refractivity contribution in [2.75, 3.05) is 19.8 Å². The van der Waals surface area contributed by atoms with E-state index < -0.39 is 0 Å². The molecular formula is C11H18N2OS. The van der Waals surface area contributed by atoms with E-state index in [0.29, 0.717) is 12.0 Å². The van der Waals surface area contributed by atoms with Crippen LogP contribution >= 0.6 is 11.3 Å². The van der Waals surface area contributed by atoms with Crippen LogP contribution in [0.3, 0.4) is 0 Å². The first-order valence-corrected chi connectivity index (χ1v) is 6.42. The van der Waals surface area contributed by atoms with Gasteiger partial charge in [-0.05, 0) is 19.9 Å². The number of rotatable bonds is 4. The lowest BCUT2D eigenvalue weighted by molar-refractivity contribution is 0.177. The highest BCUT2D eigenvalue weighted by Gasteiger charge is 2.28. The van der Waals surface area contributed by atoms with E-state index in [4.69, 9.17) is 4.74 Å². The second-order valence-corrected chi connectivity index (χ2v) is 4.88. The lowest BCUT2D eigenvalue weighted by Gasteiger charge is -2.20. The van der Waals surface area contributed by atoms with Gasteiger partial charge in [-0.2, -0.15) is 0 Å². The molecule has 1 aromatic rings. The number of hydrogen-bond donors (Lipinski definition) is 1. The van der Waals surface area contributed by atoms with Gasteiger partial charge in [-0.3, -0.25) is 0 Å². The molecule has 0 amide bonds. The van der Waals surface area contributed by atoms with Crippen molar-refractivity contribution >= 4 is 11.3 Å². The Hall–Kier alpha value is -0.450. The Bertz CT molecular complexity index is 307. The van der Waals surface area contributed by atoms with Gasteiger partial charge in [0.1, 0.15) is 5.01 Å². The SMILES string of the molecule is CCNC(c1nc(C)cs1)C1CCOC1. The van der Waals surface area contributed by atoms with Gasteiger partial charge in [-0.1, -0.05) is 6.92 Å². The molecule has 1 aliphatic rings. The number of aryl methyl sites for hydroxylation is 1. The minimum absolute atomic E-state index is 0.385. The predicted octanol–water partition coefficient (Wildman–Crippen LogP) is 2.14. The molecule has 0 radical (unpaired) electrons. The van der Waals surface area contributed by atoms with E-state index in [2.05, 4.69) is 22.6 Å². The van der Waals surface area contributed by atoms with Gasteiger partial charge in [-0.15, -0.1) is 11.3 Å². The maximum atomic E-state index is 5.45. The largest absolute Gasteiger partial charge is 0.381 e. The molecule has 0 saturated carbocycles. The molecule has 4 heteroatoms. The molecule has 84 valence electrons. The predicted molar refractivity (Wildman–Crippen MR) is 62.2 cm³/mol. The second-order valence-electron chi connectivity index (χ2n) is 3.99. The molecule has 0 spiro atoms. The van der Waals surface area contributed by atoms with Crippen LogP contribution < -0.4 is 5.32 Å². The molecule has 2 rings (SSSR count). The van der Waals surface area contributed by atoms with Crippen molar-refractivity contribution in [3.63, 3.8) is 0 Å².